The van der Waals surface area contributed by atoms with Crippen molar-refractivity contribution in [2.45, 2.75) is 31.6 Å². The van der Waals surface area contributed by atoms with Crippen LogP contribution in [0.1, 0.15) is 30.2 Å². The van der Waals surface area contributed by atoms with Gasteiger partial charge in [0.2, 0.25) is 0 Å². The first-order valence-corrected chi connectivity index (χ1v) is 5.25. The molecule has 0 radical (unpaired) electrons. The highest BCUT2D eigenvalue weighted by Crippen LogP contribution is 2.50. The Kier molecular flexibility index (Phi) is 1.73. The lowest BCUT2D eigenvalue weighted by Gasteiger charge is -2.06. The molecule has 0 bridgehead atoms. The van der Waals surface area contributed by atoms with E-state index in [2.05, 4.69) is 24.3 Å². The maximum atomic E-state index is 5.54. The molecule has 0 aliphatic heterocycles. The standard InChI is InChI=1S/C11H12S/c1-3-9-5-8-12-10(9)11(4-2)6-7-11/h2,5,8H,3,6-7H2,1H3. The van der Waals surface area contributed by atoms with Gasteiger partial charge in [-0.25, -0.2) is 0 Å². The van der Waals surface area contributed by atoms with E-state index in [1.54, 1.807) is 0 Å². The van der Waals surface area contributed by atoms with Crippen molar-refractivity contribution in [1.29, 1.82) is 0 Å². The van der Waals surface area contributed by atoms with Crippen molar-refractivity contribution in [3.8, 4) is 12.3 Å². The van der Waals surface area contributed by atoms with Crippen LogP contribution >= 0.6 is 11.3 Å². The molecule has 0 nitrogen and oxygen atoms in total. The molecule has 1 heteroatoms. The maximum Gasteiger partial charge on any atom is 0.0657 e. The highest BCUT2D eigenvalue weighted by molar-refractivity contribution is 7.10. The quantitative estimate of drug-likeness (QED) is 0.608. The van der Waals surface area contributed by atoms with Crippen LogP contribution in [0, 0.1) is 12.3 Å². The molecule has 0 atom stereocenters. The van der Waals surface area contributed by atoms with Gasteiger partial charge in [-0.2, -0.15) is 0 Å². The largest absolute Gasteiger partial charge is 0.147 e. The van der Waals surface area contributed by atoms with Gasteiger partial charge < -0.3 is 0 Å². The second-order valence-corrected chi connectivity index (χ2v) is 4.27. The predicted octanol–water partition coefficient (Wildman–Crippen LogP) is 2.98. The van der Waals surface area contributed by atoms with Crippen molar-refractivity contribution in [3.05, 3.63) is 21.9 Å². The zero-order chi connectivity index (χ0) is 8.60. The molecule has 1 saturated carbocycles. The first kappa shape index (κ1) is 7.89. The summed E-state index contributed by atoms with van der Waals surface area (Å²) in [4.78, 5) is 1.45. The molecule has 0 spiro atoms. The van der Waals surface area contributed by atoms with E-state index in [9.17, 15) is 0 Å². The number of hydrogen-bond donors (Lipinski definition) is 0. The predicted molar refractivity (Wildman–Crippen MR) is 53.4 cm³/mol. The summed E-state index contributed by atoms with van der Waals surface area (Å²) in [6.45, 7) is 2.19. The Hall–Kier alpha value is -0.740. The smallest absolute Gasteiger partial charge is 0.0657 e. The molecule has 62 valence electrons. The van der Waals surface area contributed by atoms with Crippen molar-refractivity contribution in [2.24, 2.45) is 0 Å². The van der Waals surface area contributed by atoms with E-state index in [-0.39, 0.29) is 5.41 Å². The highest BCUT2D eigenvalue weighted by atomic mass is 32.1. The van der Waals surface area contributed by atoms with Crippen molar-refractivity contribution in [2.75, 3.05) is 0 Å². The summed E-state index contributed by atoms with van der Waals surface area (Å²) in [7, 11) is 0. The Morgan fingerprint density at radius 1 is 1.67 bits per heavy atom. The molecule has 1 aliphatic carbocycles. The molecule has 1 aliphatic rings. The minimum atomic E-state index is 0.152. The zero-order valence-corrected chi connectivity index (χ0v) is 8.08. The Bertz CT molecular complexity index is 323. The van der Waals surface area contributed by atoms with Crippen LogP contribution in [0.5, 0.6) is 0 Å². The molecule has 1 heterocycles. The summed E-state index contributed by atoms with van der Waals surface area (Å²) in [6.07, 6.45) is 9.04. The number of hydrogen-bond acceptors (Lipinski definition) is 1. The van der Waals surface area contributed by atoms with Gasteiger partial charge in [-0.05, 0) is 36.3 Å². The van der Waals surface area contributed by atoms with Crippen molar-refractivity contribution >= 4 is 11.3 Å². The number of terminal acetylenes is 1. The molecule has 0 N–H and O–H groups in total. The SMILES string of the molecule is C#CC1(c2sccc2CC)CC1. The fraction of sp³-hybridized carbons (Fsp3) is 0.455. The maximum absolute atomic E-state index is 5.54. The lowest BCUT2D eigenvalue weighted by molar-refractivity contribution is 0.929. The molecule has 1 fully saturated rings. The van der Waals surface area contributed by atoms with E-state index in [1.807, 2.05) is 11.3 Å². The van der Waals surface area contributed by atoms with Gasteiger partial charge in [-0.1, -0.05) is 12.8 Å². The van der Waals surface area contributed by atoms with Gasteiger partial charge in [0.05, 0.1) is 5.41 Å². The average molecular weight is 176 g/mol. The first-order valence-electron chi connectivity index (χ1n) is 4.37. The van der Waals surface area contributed by atoms with E-state index in [0.29, 0.717) is 0 Å². The van der Waals surface area contributed by atoms with Gasteiger partial charge in [0.1, 0.15) is 0 Å². The van der Waals surface area contributed by atoms with Gasteiger partial charge in [0, 0.05) is 4.88 Å². The lowest BCUT2D eigenvalue weighted by Crippen LogP contribution is -2.02. The minimum absolute atomic E-state index is 0.152. The van der Waals surface area contributed by atoms with E-state index >= 15 is 0 Å². The normalized spacial score (nSPS) is 18.7. The summed E-state index contributed by atoms with van der Waals surface area (Å²) in [6, 6.07) is 2.21. The van der Waals surface area contributed by atoms with Gasteiger partial charge >= 0.3 is 0 Å². The summed E-state index contributed by atoms with van der Waals surface area (Å²) in [5, 5.41) is 2.16. The lowest BCUT2D eigenvalue weighted by atomic mass is 10.0. The molecule has 2 rings (SSSR count). The topological polar surface area (TPSA) is 0 Å². The fourth-order valence-electron chi connectivity index (χ4n) is 1.60. The third-order valence-corrected chi connectivity index (χ3v) is 3.75. The molecule has 1 aromatic heterocycles. The Morgan fingerprint density at radius 2 is 2.42 bits per heavy atom. The summed E-state index contributed by atoms with van der Waals surface area (Å²) >= 11 is 1.83. The fourth-order valence-corrected chi connectivity index (χ4v) is 2.82. The van der Waals surface area contributed by atoms with E-state index < -0.39 is 0 Å². The van der Waals surface area contributed by atoms with Gasteiger partial charge in [0.15, 0.2) is 0 Å². The van der Waals surface area contributed by atoms with Crippen LogP contribution in [0.4, 0.5) is 0 Å². The molecular formula is C11H12S. The molecule has 0 saturated heterocycles. The second kappa shape index (κ2) is 2.64. The summed E-state index contributed by atoms with van der Waals surface area (Å²) in [5.41, 5.74) is 1.61. The number of thiophene rings is 1. The molecular weight excluding hydrogens is 164 g/mol. The number of rotatable bonds is 2. The zero-order valence-electron chi connectivity index (χ0n) is 7.26. The molecule has 0 amide bonds. The van der Waals surface area contributed by atoms with Crippen LogP contribution < -0.4 is 0 Å². The van der Waals surface area contributed by atoms with E-state index in [1.165, 1.54) is 23.3 Å². The van der Waals surface area contributed by atoms with Crippen LogP contribution in [0.3, 0.4) is 0 Å². The Balaban J connectivity index is 2.41. The number of aryl methyl sites for hydroxylation is 1. The van der Waals surface area contributed by atoms with E-state index in [4.69, 9.17) is 6.42 Å². The third-order valence-electron chi connectivity index (χ3n) is 2.59. The van der Waals surface area contributed by atoms with Gasteiger partial charge in [-0.3, -0.25) is 0 Å². The molecule has 1 aromatic rings. The third kappa shape index (κ3) is 0.990. The first-order chi connectivity index (χ1) is 5.82. The molecule has 12 heavy (non-hydrogen) atoms. The van der Waals surface area contributed by atoms with E-state index in [0.717, 1.165) is 6.42 Å². The molecule has 0 unspecified atom stereocenters. The van der Waals surface area contributed by atoms with Crippen molar-refractivity contribution in [1.82, 2.24) is 0 Å². The summed E-state index contributed by atoms with van der Waals surface area (Å²) < 4.78 is 0. The van der Waals surface area contributed by atoms with Gasteiger partial charge in [-0.15, -0.1) is 17.8 Å². The van der Waals surface area contributed by atoms with Crippen molar-refractivity contribution < 1.29 is 0 Å². The van der Waals surface area contributed by atoms with Gasteiger partial charge in [0.25, 0.3) is 0 Å². The van der Waals surface area contributed by atoms with Crippen LogP contribution in [0.2, 0.25) is 0 Å². The van der Waals surface area contributed by atoms with Crippen LogP contribution in [0.15, 0.2) is 11.4 Å². The van der Waals surface area contributed by atoms with Crippen LogP contribution in [-0.2, 0) is 11.8 Å². The Morgan fingerprint density at radius 3 is 2.92 bits per heavy atom. The second-order valence-electron chi connectivity index (χ2n) is 3.35. The van der Waals surface area contributed by atoms with Crippen LogP contribution in [0.25, 0.3) is 0 Å². The van der Waals surface area contributed by atoms with Crippen LogP contribution in [-0.4, -0.2) is 0 Å². The van der Waals surface area contributed by atoms with Crippen molar-refractivity contribution in [3.63, 3.8) is 0 Å². The summed E-state index contributed by atoms with van der Waals surface area (Å²) in [5.74, 6) is 2.94. The highest BCUT2D eigenvalue weighted by Gasteiger charge is 2.44. The molecule has 0 aromatic carbocycles. The minimum Gasteiger partial charge on any atom is -0.147 e. The Labute approximate surface area is 77.6 Å². The average Bonchev–Trinajstić information content (AvgIpc) is 2.76. The monoisotopic (exact) mass is 176 g/mol.